The molecule has 0 spiro atoms. The molecule has 5 heteroatoms. The summed E-state index contributed by atoms with van der Waals surface area (Å²) >= 11 is 0. The lowest BCUT2D eigenvalue weighted by atomic mass is 10.2. The average molecular weight is 299 g/mol. The zero-order valence-corrected chi connectivity index (χ0v) is 12.7. The summed E-state index contributed by atoms with van der Waals surface area (Å²) in [4.78, 5) is 11.6. The molecule has 2 rings (SSSR count). The van der Waals surface area contributed by atoms with E-state index >= 15 is 0 Å². The van der Waals surface area contributed by atoms with E-state index in [0.717, 1.165) is 23.8 Å². The van der Waals surface area contributed by atoms with Gasteiger partial charge in [0.2, 0.25) is 5.91 Å². The minimum atomic E-state index is 0. The Bertz CT molecular complexity index is 422. The van der Waals surface area contributed by atoms with Crippen LogP contribution in [0.4, 0.5) is 0 Å². The number of hydrogen-bond acceptors (Lipinski definition) is 3. The normalized spacial score (nSPS) is 13.4. The number of carbonyl (C=O) groups excluding carboxylic acids is 1. The number of para-hydroxylation sites is 1. The fourth-order valence-corrected chi connectivity index (χ4v) is 1.80. The van der Waals surface area contributed by atoms with Crippen LogP contribution in [0.2, 0.25) is 0 Å². The molecule has 0 heterocycles. The summed E-state index contributed by atoms with van der Waals surface area (Å²) in [6.45, 7) is 2.03. The number of rotatable bonds is 8. The molecule has 4 nitrogen and oxygen atoms in total. The third-order valence-electron chi connectivity index (χ3n) is 3.22. The highest BCUT2D eigenvalue weighted by atomic mass is 35.5. The number of carbonyl (C=O) groups is 1. The molecule has 1 aliphatic carbocycles. The van der Waals surface area contributed by atoms with Crippen molar-refractivity contribution in [3.05, 3.63) is 29.8 Å². The molecule has 2 N–H and O–H groups in total. The summed E-state index contributed by atoms with van der Waals surface area (Å²) < 4.78 is 5.81. The zero-order valence-electron chi connectivity index (χ0n) is 11.9. The van der Waals surface area contributed by atoms with E-state index in [0.29, 0.717) is 19.5 Å². The largest absolute Gasteiger partial charge is 0.493 e. The average Bonchev–Trinajstić information content (AvgIpc) is 3.25. The number of ether oxygens (including phenoxy) is 1. The van der Waals surface area contributed by atoms with Crippen LogP contribution in [-0.4, -0.2) is 26.1 Å². The summed E-state index contributed by atoms with van der Waals surface area (Å²) in [6, 6.07) is 7.91. The highest BCUT2D eigenvalue weighted by Crippen LogP contribution is 2.30. The minimum Gasteiger partial charge on any atom is -0.493 e. The SMILES string of the molecule is CNCCC(=O)NCc1ccccc1OCC1CC1.Cl. The first-order valence-electron chi connectivity index (χ1n) is 6.91. The van der Waals surface area contributed by atoms with Gasteiger partial charge in [-0.25, -0.2) is 0 Å². The van der Waals surface area contributed by atoms with Gasteiger partial charge in [0.15, 0.2) is 0 Å². The van der Waals surface area contributed by atoms with Crippen LogP contribution in [0.25, 0.3) is 0 Å². The van der Waals surface area contributed by atoms with E-state index in [1.807, 2.05) is 31.3 Å². The van der Waals surface area contributed by atoms with Crippen molar-refractivity contribution in [2.75, 3.05) is 20.2 Å². The van der Waals surface area contributed by atoms with Gasteiger partial charge >= 0.3 is 0 Å². The number of amides is 1. The van der Waals surface area contributed by atoms with Crippen molar-refractivity contribution < 1.29 is 9.53 Å². The van der Waals surface area contributed by atoms with E-state index in [1.165, 1.54) is 12.8 Å². The molecule has 1 aliphatic rings. The van der Waals surface area contributed by atoms with Crippen LogP contribution in [0.5, 0.6) is 5.75 Å². The van der Waals surface area contributed by atoms with E-state index in [-0.39, 0.29) is 18.3 Å². The number of nitrogens with one attached hydrogen (secondary N) is 2. The number of halogens is 1. The Kier molecular flexibility index (Phi) is 7.41. The molecule has 1 amide bonds. The standard InChI is InChI=1S/C15H22N2O2.ClH/c1-16-9-8-15(18)17-10-13-4-2-3-5-14(13)19-11-12-6-7-12;/h2-5,12,16H,6-11H2,1H3,(H,17,18);1H. The predicted octanol–water partition coefficient (Wildman–Crippen LogP) is 2.12. The third kappa shape index (κ3) is 5.80. The van der Waals surface area contributed by atoms with Crippen molar-refractivity contribution in [2.45, 2.75) is 25.8 Å². The molecule has 20 heavy (non-hydrogen) atoms. The fraction of sp³-hybridized carbons (Fsp3) is 0.533. The first kappa shape index (κ1) is 16.8. The number of hydrogen-bond donors (Lipinski definition) is 2. The minimum absolute atomic E-state index is 0. The maximum Gasteiger partial charge on any atom is 0.221 e. The third-order valence-corrected chi connectivity index (χ3v) is 3.22. The van der Waals surface area contributed by atoms with Crippen LogP contribution >= 0.6 is 12.4 Å². The Hall–Kier alpha value is -1.26. The first-order chi connectivity index (χ1) is 9.29. The lowest BCUT2D eigenvalue weighted by molar-refractivity contribution is -0.121. The molecule has 0 atom stereocenters. The van der Waals surface area contributed by atoms with E-state index in [4.69, 9.17) is 4.74 Å². The zero-order chi connectivity index (χ0) is 13.5. The Morgan fingerprint density at radius 1 is 1.35 bits per heavy atom. The van der Waals surface area contributed by atoms with Crippen molar-refractivity contribution in [3.8, 4) is 5.75 Å². The highest BCUT2D eigenvalue weighted by Gasteiger charge is 2.22. The van der Waals surface area contributed by atoms with Crippen LogP contribution in [0.3, 0.4) is 0 Å². The van der Waals surface area contributed by atoms with Crippen LogP contribution in [0.1, 0.15) is 24.8 Å². The molecular formula is C15H23ClN2O2. The number of benzene rings is 1. The molecule has 0 aliphatic heterocycles. The molecule has 1 saturated carbocycles. The second-order valence-electron chi connectivity index (χ2n) is 4.99. The molecule has 0 unspecified atom stereocenters. The van der Waals surface area contributed by atoms with Crippen LogP contribution in [-0.2, 0) is 11.3 Å². The molecule has 0 aromatic heterocycles. The second-order valence-corrected chi connectivity index (χ2v) is 4.99. The molecule has 1 aromatic carbocycles. The van der Waals surface area contributed by atoms with Gasteiger partial charge in [0.1, 0.15) is 5.75 Å². The summed E-state index contributed by atoms with van der Waals surface area (Å²) in [5.41, 5.74) is 1.04. The van der Waals surface area contributed by atoms with Crippen molar-refractivity contribution >= 4 is 18.3 Å². The quantitative estimate of drug-likeness (QED) is 0.773. The summed E-state index contributed by atoms with van der Waals surface area (Å²) in [7, 11) is 1.84. The van der Waals surface area contributed by atoms with Crippen molar-refractivity contribution in [3.63, 3.8) is 0 Å². The van der Waals surface area contributed by atoms with Crippen LogP contribution < -0.4 is 15.4 Å². The maximum absolute atomic E-state index is 11.6. The topological polar surface area (TPSA) is 50.4 Å². The predicted molar refractivity (Wildman–Crippen MR) is 82.3 cm³/mol. The van der Waals surface area contributed by atoms with Crippen molar-refractivity contribution in [1.29, 1.82) is 0 Å². The Balaban J connectivity index is 0.00000200. The lowest BCUT2D eigenvalue weighted by Crippen LogP contribution is -2.26. The molecule has 112 valence electrons. The second kappa shape index (κ2) is 8.82. The van der Waals surface area contributed by atoms with Gasteiger partial charge in [-0.05, 0) is 31.9 Å². The van der Waals surface area contributed by atoms with Crippen molar-refractivity contribution in [2.24, 2.45) is 5.92 Å². The van der Waals surface area contributed by atoms with Gasteiger partial charge in [-0.3, -0.25) is 4.79 Å². The van der Waals surface area contributed by atoms with E-state index < -0.39 is 0 Å². The Labute approximate surface area is 126 Å². The molecule has 0 saturated heterocycles. The smallest absolute Gasteiger partial charge is 0.221 e. The monoisotopic (exact) mass is 298 g/mol. The van der Waals surface area contributed by atoms with Gasteiger partial charge in [0, 0.05) is 25.1 Å². The molecule has 0 radical (unpaired) electrons. The fourth-order valence-electron chi connectivity index (χ4n) is 1.80. The van der Waals surface area contributed by atoms with Gasteiger partial charge in [0.05, 0.1) is 6.61 Å². The molecule has 1 aromatic rings. The maximum atomic E-state index is 11.6. The highest BCUT2D eigenvalue weighted by molar-refractivity contribution is 5.85. The first-order valence-corrected chi connectivity index (χ1v) is 6.91. The summed E-state index contributed by atoms with van der Waals surface area (Å²) in [5.74, 6) is 1.69. The van der Waals surface area contributed by atoms with Crippen LogP contribution in [0.15, 0.2) is 24.3 Å². The lowest BCUT2D eigenvalue weighted by Gasteiger charge is -2.12. The van der Waals surface area contributed by atoms with Gasteiger partial charge in [-0.1, -0.05) is 18.2 Å². The Morgan fingerprint density at radius 3 is 2.80 bits per heavy atom. The van der Waals surface area contributed by atoms with Gasteiger partial charge in [-0.15, -0.1) is 12.4 Å². The molecule has 1 fully saturated rings. The summed E-state index contributed by atoms with van der Waals surface area (Å²) in [5, 5.41) is 5.88. The van der Waals surface area contributed by atoms with Crippen LogP contribution in [0, 0.1) is 5.92 Å². The molecular weight excluding hydrogens is 276 g/mol. The molecule has 0 bridgehead atoms. The van der Waals surface area contributed by atoms with E-state index in [9.17, 15) is 4.79 Å². The summed E-state index contributed by atoms with van der Waals surface area (Å²) in [6.07, 6.45) is 3.06. The van der Waals surface area contributed by atoms with E-state index in [1.54, 1.807) is 0 Å². The van der Waals surface area contributed by atoms with Gasteiger partial charge < -0.3 is 15.4 Å². The van der Waals surface area contributed by atoms with Gasteiger partial charge in [0.25, 0.3) is 0 Å². The van der Waals surface area contributed by atoms with Gasteiger partial charge in [-0.2, -0.15) is 0 Å². The van der Waals surface area contributed by atoms with Crippen molar-refractivity contribution in [1.82, 2.24) is 10.6 Å². The Morgan fingerprint density at radius 2 is 2.10 bits per heavy atom. The van der Waals surface area contributed by atoms with E-state index in [2.05, 4.69) is 10.6 Å².